The summed E-state index contributed by atoms with van der Waals surface area (Å²) in [7, 11) is 0. The minimum atomic E-state index is 0.609. The van der Waals surface area contributed by atoms with Gasteiger partial charge in [-0.15, -0.1) is 11.3 Å². The normalized spacial score (nSPS) is 10.3. The Morgan fingerprint density at radius 1 is 1.39 bits per heavy atom. The van der Waals surface area contributed by atoms with E-state index in [1.807, 2.05) is 36.6 Å². The third-order valence-electron chi connectivity index (χ3n) is 2.46. The molecule has 0 radical (unpaired) electrons. The lowest BCUT2D eigenvalue weighted by molar-refractivity contribution is 0.340. The average Bonchev–Trinajstić information content (AvgIpc) is 2.76. The van der Waals surface area contributed by atoms with Crippen LogP contribution in [0, 0.1) is 0 Å². The lowest BCUT2D eigenvalue weighted by Crippen LogP contribution is -2.00. The number of hydrogen-bond donors (Lipinski definition) is 2. The van der Waals surface area contributed by atoms with E-state index >= 15 is 0 Å². The van der Waals surface area contributed by atoms with Crippen LogP contribution in [0.1, 0.15) is 11.8 Å². The smallest absolute Gasteiger partial charge is 0.138 e. The van der Waals surface area contributed by atoms with Crippen LogP contribution in [0.4, 0.5) is 11.4 Å². The zero-order valence-corrected chi connectivity index (χ0v) is 11.6. The third-order valence-corrected chi connectivity index (χ3v) is 3.70. The van der Waals surface area contributed by atoms with Crippen molar-refractivity contribution in [1.29, 1.82) is 0 Å². The van der Waals surface area contributed by atoms with Crippen molar-refractivity contribution >= 4 is 34.3 Å². The minimum Gasteiger partial charge on any atom is -0.492 e. The quantitative estimate of drug-likeness (QED) is 0.871. The molecular formula is C13H15ClN2OS. The Morgan fingerprint density at radius 2 is 2.22 bits per heavy atom. The van der Waals surface area contributed by atoms with Crippen molar-refractivity contribution < 1.29 is 4.74 Å². The molecule has 0 aliphatic carbocycles. The maximum Gasteiger partial charge on any atom is 0.138 e. The summed E-state index contributed by atoms with van der Waals surface area (Å²) in [6.45, 7) is 3.24. The highest BCUT2D eigenvalue weighted by Crippen LogP contribution is 2.28. The molecule has 0 aliphatic heterocycles. The van der Waals surface area contributed by atoms with Crippen molar-refractivity contribution in [2.45, 2.75) is 13.5 Å². The van der Waals surface area contributed by atoms with Crippen LogP contribution in [-0.4, -0.2) is 6.61 Å². The molecule has 1 aromatic heterocycles. The fourth-order valence-electron chi connectivity index (χ4n) is 1.56. The van der Waals surface area contributed by atoms with Gasteiger partial charge in [-0.2, -0.15) is 0 Å². The molecule has 2 rings (SSSR count). The van der Waals surface area contributed by atoms with Gasteiger partial charge in [0.1, 0.15) is 5.75 Å². The molecule has 0 fully saturated rings. The van der Waals surface area contributed by atoms with Gasteiger partial charge >= 0.3 is 0 Å². The van der Waals surface area contributed by atoms with Gasteiger partial charge in [-0.3, -0.25) is 0 Å². The maximum atomic E-state index is 6.11. The Bertz CT molecular complexity index is 527. The fraction of sp³-hybridized carbons (Fsp3) is 0.231. The summed E-state index contributed by atoms with van der Waals surface area (Å²) in [5, 5.41) is 5.88. The summed E-state index contributed by atoms with van der Waals surface area (Å²) in [6.07, 6.45) is 0. The second-order valence-electron chi connectivity index (χ2n) is 3.73. The van der Waals surface area contributed by atoms with Crippen LogP contribution in [0.25, 0.3) is 0 Å². The molecule has 0 aliphatic rings. The number of nitrogen functional groups attached to an aromatic ring is 1. The van der Waals surface area contributed by atoms with Gasteiger partial charge < -0.3 is 15.8 Å². The van der Waals surface area contributed by atoms with Crippen molar-refractivity contribution in [1.82, 2.24) is 0 Å². The Labute approximate surface area is 116 Å². The molecule has 3 nitrogen and oxygen atoms in total. The molecule has 1 aromatic carbocycles. The summed E-state index contributed by atoms with van der Waals surface area (Å²) in [5.74, 6) is 0.709. The molecule has 18 heavy (non-hydrogen) atoms. The van der Waals surface area contributed by atoms with E-state index in [2.05, 4.69) is 5.32 Å². The van der Waals surface area contributed by atoms with Gasteiger partial charge in [-0.05, 0) is 36.6 Å². The minimum absolute atomic E-state index is 0.609. The number of hydrogen-bond acceptors (Lipinski definition) is 4. The summed E-state index contributed by atoms with van der Waals surface area (Å²) in [5.41, 5.74) is 7.60. The second-order valence-corrected chi connectivity index (χ2v) is 5.14. The molecule has 0 spiro atoms. The van der Waals surface area contributed by atoms with E-state index in [1.54, 1.807) is 11.3 Å². The predicted octanol–water partition coefficient (Wildman–Crippen LogP) is 3.99. The number of thiophene rings is 1. The number of nitrogens with two attached hydrogens (primary N) is 1. The molecule has 3 N–H and O–H groups in total. The van der Waals surface area contributed by atoms with Crippen molar-refractivity contribution in [3.63, 3.8) is 0 Å². The second kappa shape index (κ2) is 5.98. The maximum absolute atomic E-state index is 6.11. The van der Waals surface area contributed by atoms with Gasteiger partial charge in [-0.1, -0.05) is 11.6 Å². The topological polar surface area (TPSA) is 47.3 Å². The molecule has 0 unspecified atom stereocenters. The Balaban J connectivity index is 2.02. The molecule has 5 heteroatoms. The van der Waals surface area contributed by atoms with E-state index in [4.69, 9.17) is 22.1 Å². The number of benzene rings is 1. The van der Waals surface area contributed by atoms with Crippen LogP contribution in [0.5, 0.6) is 5.75 Å². The van der Waals surface area contributed by atoms with Crippen LogP contribution < -0.4 is 15.8 Å². The number of halogens is 1. The van der Waals surface area contributed by atoms with E-state index in [-0.39, 0.29) is 0 Å². The number of nitrogens with one attached hydrogen (secondary N) is 1. The van der Waals surface area contributed by atoms with Gasteiger partial charge in [0.05, 0.1) is 18.2 Å². The molecule has 0 bridgehead atoms. The Hall–Kier alpha value is -1.39. The lowest BCUT2D eigenvalue weighted by atomic mass is 10.3. The zero-order valence-electron chi connectivity index (χ0n) is 10.1. The van der Waals surface area contributed by atoms with Crippen molar-refractivity contribution in [2.24, 2.45) is 0 Å². The summed E-state index contributed by atoms with van der Waals surface area (Å²) in [4.78, 5) is 1.13. The summed E-state index contributed by atoms with van der Waals surface area (Å²) >= 11 is 7.75. The first-order valence-corrected chi connectivity index (χ1v) is 6.94. The molecule has 0 saturated carbocycles. The largest absolute Gasteiger partial charge is 0.492 e. The fourth-order valence-corrected chi connectivity index (χ4v) is 2.53. The summed E-state index contributed by atoms with van der Waals surface area (Å²) in [6, 6.07) is 7.58. The standard InChI is InChI=1S/C13H15ClN2OS/c1-2-17-12-4-3-9(7-10(12)14)16-8-13-11(15)5-6-18-13/h3-7,16H,2,8,15H2,1H3. The highest BCUT2D eigenvalue weighted by Gasteiger charge is 2.04. The Kier molecular flexibility index (Phi) is 4.33. The zero-order chi connectivity index (χ0) is 13.0. The molecule has 96 valence electrons. The highest BCUT2D eigenvalue weighted by atomic mass is 35.5. The number of ether oxygens (including phenoxy) is 1. The Morgan fingerprint density at radius 3 is 2.83 bits per heavy atom. The van der Waals surface area contributed by atoms with Gasteiger partial charge in [-0.25, -0.2) is 0 Å². The molecule has 0 atom stereocenters. The van der Waals surface area contributed by atoms with E-state index in [0.29, 0.717) is 23.9 Å². The average molecular weight is 283 g/mol. The van der Waals surface area contributed by atoms with Crippen molar-refractivity contribution in [2.75, 3.05) is 17.7 Å². The van der Waals surface area contributed by atoms with Crippen molar-refractivity contribution in [3.8, 4) is 5.75 Å². The van der Waals surface area contributed by atoms with Gasteiger partial charge in [0.15, 0.2) is 0 Å². The van der Waals surface area contributed by atoms with Crippen molar-refractivity contribution in [3.05, 3.63) is 39.5 Å². The highest BCUT2D eigenvalue weighted by molar-refractivity contribution is 7.10. The monoisotopic (exact) mass is 282 g/mol. The lowest BCUT2D eigenvalue weighted by Gasteiger charge is -2.09. The van der Waals surface area contributed by atoms with Crippen LogP contribution >= 0.6 is 22.9 Å². The van der Waals surface area contributed by atoms with Crippen LogP contribution in [0.2, 0.25) is 5.02 Å². The number of rotatable bonds is 5. The first kappa shape index (κ1) is 13.1. The first-order chi connectivity index (χ1) is 8.70. The SMILES string of the molecule is CCOc1ccc(NCc2sccc2N)cc1Cl. The first-order valence-electron chi connectivity index (χ1n) is 5.68. The van der Waals surface area contributed by atoms with Gasteiger partial charge in [0.2, 0.25) is 0 Å². The number of anilines is 2. The molecule has 2 aromatic rings. The third kappa shape index (κ3) is 3.09. The molecule has 0 amide bonds. The molecule has 0 saturated heterocycles. The molecular weight excluding hydrogens is 268 g/mol. The van der Waals surface area contributed by atoms with E-state index in [1.165, 1.54) is 0 Å². The van der Waals surface area contributed by atoms with Crippen LogP contribution in [0.15, 0.2) is 29.6 Å². The van der Waals surface area contributed by atoms with E-state index in [9.17, 15) is 0 Å². The summed E-state index contributed by atoms with van der Waals surface area (Å²) < 4.78 is 5.38. The van der Waals surface area contributed by atoms with Crippen LogP contribution in [-0.2, 0) is 6.54 Å². The predicted molar refractivity (Wildman–Crippen MR) is 78.7 cm³/mol. The molecule has 1 heterocycles. The van der Waals surface area contributed by atoms with E-state index < -0.39 is 0 Å². The van der Waals surface area contributed by atoms with Gasteiger partial charge in [0.25, 0.3) is 0 Å². The van der Waals surface area contributed by atoms with E-state index in [0.717, 1.165) is 16.3 Å². The van der Waals surface area contributed by atoms with Crippen LogP contribution in [0.3, 0.4) is 0 Å². The van der Waals surface area contributed by atoms with Gasteiger partial charge in [0, 0.05) is 16.3 Å².